The average Bonchev–Trinajstić information content (AvgIpc) is 3.28. The van der Waals surface area contributed by atoms with Crippen molar-refractivity contribution in [1.82, 2.24) is 25.4 Å². The Bertz CT molecular complexity index is 1100. The van der Waals surface area contributed by atoms with Crippen molar-refractivity contribution >= 4 is 56.0 Å². The van der Waals surface area contributed by atoms with E-state index in [4.69, 9.17) is 0 Å². The van der Waals surface area contributed by atoms with E-state index in [1.54, 1.807) is 16.0 Å². The van der Waals surface area contributed by atoms with Crippen LogP contribution in [0.1, 0.15) is 6.92 Å². The molecule has 1 N–H and O–H groups in total. The number of hydrogen-bond donors (Lipinski definition) is 1. The number of hydrazone groups is 1. The third-order valence-electron chi connectivity index (χ3n) is 3.77. The first-order valence-electron chi connectivity index (χ1n) is 8.27. The molecule has 0 saturated heterocycles. The molecular weight excluding hydrogens is 380 g/mol. The Morgan fingerprint density at radius 2 is 1.96 bits per heavy atom. The second-order valence-corrected chi connectivity index (χ2v) is 8.11. The third kappa shape index (κ3) is 4.15. The molecule has 0 fully saturated rings. The van der Waals surface area contributed by atoms with Crippen molar-refractivity contribution in [3.05, 3.63) is 48.5 Å². The van der Waals surface area contributed by atoms with Crippen molar-refractivity contribution in [1.29, 1.82) is 0 Å². The van der Waals surface area contributed by atoms with E-state index < -0.39 is 0 Å². The molecule has 0 aliphatic rings. The molecule has 0 atom stereocenters. The Kier molecular flexibility index (Phi) is 5.12. The van der Waals surface area contributed by atoms with E-state index in [-0.39, 0.29) is 11.7 Å². The summed E-state index contributed by atoms with van der Waals surface area (Å²) in [5.74, 6) is 0.102. The van der Waals surface area contributed by atoms with Gasteiger partial charge in [0.15, 0.2) is 4.34 Å². The summed E-state index contributed by atoms with van der Waals surface area (Å²) in [5.41, 5.74) is 6.06. The maximum Gasteiger partial charge on any atom is 0.250 e. The van der Waals surface area contributed by atoms with Gasteiger partial charge >= 0.3 is 0 Å². The number of carbonyl (C=O) groups is 1. The fraction of sp³-hybridized carbons (Fsp3) is 0.167. The lowest BCUT2D eigenvalue weighted by atomic mass is 10.3. The molecule has 1 amide bonds. The van der Waals surface area contributed by atoms with Gasteiger partial charge in [-0.15, -0.1) is 16.4 Å². The zero-order valence-electron chi connectivity index (χ0n) is 14.5. The van der Waals surface area contributed by atoms with Crippen LogP contribution in [0.5, 0.6) is 0 Å². The van der Waals surface area contributed by atoms with E-state index in [0.717, 1.165) is 31.3 Å². The summed E-state index contributed by atoms with van der Waals surface area (Å²) < 4.78 is 3.76. The number of amides is 1. The van der Waals surface area contributed by atoms with Crippen LogP contribution < -0.4 is 5.43 Å². The van der Waals surface area contributed by atoms with Gasteiger partial charge in [-0.3, -0.25) is 4.79 Å². The summed E-state index contributed by atoms with van der Waals surface area (Å²) >= 11 is 3.00. The van der Waals surface area contributed by atoms with Crippen LogP contribution in [0.25, 0.3) is 21.3 Å². The highest BCUT2D eigenvalue weighted by Gasteiger charge is 2.08. The fourth-order valence-electron chi connectivity index (χ4n) is 2.52. The molecule has 9 heteroatoms. The minimum absolute atomic E-state index is 0.165. The van der Waals surface area contributed by atoms with Crippen LogP contribution in [-0.4, -0.2) is 37.3 Å². The highest BCUT2D eigenvalue weighted by atomic mass is 32.2. The first-order valence-corrected chi connectivity index (χ1v) is 10.1. The summed E-state index contributed by atoms with van der Waals surface area (Å²) in [6.45, 7) is 2.31. The van der Waals surface area contributed by atoms with Gasteiger partial charge < -0.3 is 0 Å². The largest absolute Gasteiger partial charge is 0.272 e. The zero-order valence-corrected chi connectivity index (χ0v) is 16.1. The van der Waals surface area contributed by atoms with Crippen molar-refractivity contribution in [3.63, 3.8) is 0 Å². The number of thiazole rings is 1. The Hall–Kier alpha value is -2.78. The van der Waals surface area contributed by atoms with Crippen LogP contribution in [0.15, 0.2) is 58.0 Å². The van der Waals surface area contributed by atoms with Gasteiger partial charge in [0.1, 0.15) is 5.52 Å². The van der Waals surface area contributed by atoms with Crippen molar-refractivity contribution in [2.75, 3.05) is 5.75 Å². The molecule has 0 unspecified atom stereocenters. The summed E-state index contributed by atoms with van der Waals surface area (Å²) in [5, 5.41) is 12.4. The number of nitrogens with zero attached hydrogens (tertiary/aromatic N) is 5. The monoisotopic (exact) mass is 396 g/mol. The summed E-state index contributed by atoms with van der Waals surface area (Å²) in [6, 6.07) is 15.7. The number of carbonyl (C=O) groups excluding carboxylic acids is 1. The lowest BCUT2D eigenvalue weighted by molar-refractivity contribution is -0.118. The molecule has 2 aromatic heterocycles. The minimum atomic E-state index is -0.165. The number of rotatable bonds is 6. The number of para-hydroxylation sites is 2. The molecule has 0 bridgehead atoms. The van der Waals surface area contributed by atoms with E-state index in [1.165, 1.54) is 11.8 Å². The molecule has 0 aliphatic heterocycles. The summed E-state index contributed by atoms with van der Waals surface area (Å²) in [4.78, 5) is 16.6. The highest BCUT2D eigenvalue weighted by molar-refractivity contribution is 8.01. The predicted molar refractivity (Wildman–Crippen MR) is 109 cm³/mol. The Morgan fingerprint density at radius 1 is 1.19 bits per heavy atom. The molecule has 0 radical (unpaired) electrons. The SMILES string of the molecule is C/C(Cn1nnc2ccccc21)=N\NC(=O)CSc1nc2ccccc2s1. The van der Waals surface area contributed by atoms with Crippen LogP contribution >= 0.6 is 23.1 Å². The predicted octanol–water partition coefficient (Wildman–Crippen LogP) is 3.33. The maximum absolute atomic E-state index is 12.1. The van der Waals surface area contributed by atoms with Gasteiger partial charge in [0.2, 0.25) is 0 Å². The van der Waals surface area contributed by atoms with Crippen LogP contribution in [0, 0.1) is 0 Å². The molecule has 4 rings (SSSR count). The molecule has 0 spiro atoms. The van der Waals surface area contributed by atoms with Gasteiger partial charge in [0.25, 0.3) is 5.91 Å². The Morgan fingerprint density at radius 3 is 2.81 bits per heavy atom. The molecule has 2 aromatic carbocycles. The van der Waals surface area contributed by atoms with E-state index in [1.807, 2.05) is 55.5 Å². The number of nitrogens with one attached hydrogen (secondary N) is 1. The van der Waals surface area contributed by atoms with E-state index in [9.17, 15) is 4.79 Å². The first kappa shape index (κ1) is 17.6. The molecule has 4 aromatic rings. The van der Waals surface area contributed by atoms with Gasteiger partial charge in [-0.1, -0.05) is 41.2 Å². The van der Waals surface area contributed by atoms with Crippen LogP contribution in [0.2, 0.25) is 0 Å². The van der Waals surface area contributed by atoms with Crippen molar-refractivity contribution in [3.8, 4) is 0 Å². The normalized spacial score (nSPS) is 12.0. The van der Waals surface area contributed by atoms with Gasteiger partial charge in [0, 0.05) is 0 Å². The van der Waals surface area contributed by atoms with Crippen molar-refractivity contribution < 1.29 is 4.79 Å². The van der Waals surface area contributed by atoms with Gasteiger partial charge in [0.05, 0.1) is 33.7 Å². The van der Waals surface area contributed by atoms with Gasteiger partial charge in [-0.2, -0.15) is 5.10 Å². The number of aromatic nitrogens is 4. The zero-order chi connectivity index (χ0) is 18.6. The van der Waals surface area contributed by atoms with Crippen LogP contribution in [0.4, 0.5) is 0 Å². The average molecular weight is 397 g/mol. The van der Waals surface area contributed by atoms with Crippen molar-refractivity contribution in [2.24, 2.45) is 5.10 Å². The molecule has 0 saturated carbocycles. The highest BCUT2D eigenvalue weighted by Crippen LogP contribution is 2.28. The van der Waals surface area contributed by atoms with E-state index in [2.05, 4.69) is 25.8 Å². The van der Waals surface area contributed by atoms with Crippen molar-refractivity contribution in [2.45, 2.75) is 17.8 Å². The summed E-state index contributed by atoms with van der Waals surface area (Å²) in [6.07, 6.45) is 0. The molecule has 27 heavy (non-hydrogen) atoms. The second-order valence-electron chi connectivity index (χ2n) is 5.85. The Balaban J connectivity index is 1.32. The third-order valence-corrected chi connectivity index (χ3v) is 5.95. The van der Waals surface area contributed by atoms with Gasteiger partial charge in [-0.25, -0.2) is 15.1 Å². The molecule has 7 nitrogen and oxygen atoms in total. The quantitative estimate of drug-likeness (QED) is 0.307. The lowest BCUT2D eigenvalue weighted by Crippen LogP contribution is -2.22. The smallest absolute Gasteiger partial charge is 0.250 e. The maximum atomic E-state index is 12.1. The molecule has 0 aliphatic carbocycles. The Labute approximate surface area is 163 Å². The molecule has 2 heterocycles. The first-order chi connectivity index (χ1) is 13.2. The number of thioether (sulfide) groups is 1. The molecule has 136 valence electrons. The standard InChI is InChI=1S/C18H16N6OS2/c1-12(10-24-15-8-4-2-6-13(15)21-23-24)20-22-17(25)11-26-18-19-14-7-3-5-9-16(14)27-18/h2-9H,10-11H2,1H3,(H,22,25)/b20-12+. The number of fused-ring (bicyclic) bond motifs is 2. The van der Waals surface area contributed by atoms with E-state index >= 15 is 0 Å². The number of hydrogen-bond acceptors (Lipinski definition) is 7. The minimum Gasteiger partial charge on any atom is -0.272 e. The van der Waals surface area contributed by atoms with Crippen LogP contribution in [-0.2, 0) is 11.3 Å². The van der Waals surface area contributed by atoms with Crippen LogP contribution in [0.3, 0.4) is 0 Å². The van der Waals surface area contributed by atoms with Gasteiger partial charge in [-0.05, 0) is 31.2 Å². The fourth-order valence-corrected chi connectivity index (χ4v) is 4.38. The van der Waals surface area contributed by atoms with E-state index in [0.29, 0.717) is 6.54 Å². The topological polar surface area (TPSA) is 85.1 Å². The second kappa shape index (κ2) is 7.85. The summed E-state index contributed by atoms with van der Waals surface area (Å²) in [7, 11) is 0. The number of benzene rings is 2. The lowest BCUT2D eigenvalue weighted by Gasteiger charge is -2.03. The molecular formula is C18H16N6OS2.